The Labute approximate surface area is 187 Å². The zero-order chi connectivity index (χ0) is 22.2. The largest absolute Gasteiger partial charge is 0.345 e. The molecule has 3 aromatic rings. The van der Waals surface area contributed by atoms with Crippen LogP contribution in [0, 0.1) is 5.92 Å². The monoisotopic (exact) mass is 460 g/mol. The fourth-order valence-corrected chi connectivity index (χ4v) is 6.06. The van der Waals surface area contributed by atoms with Gasteiger partial charge in [0, 0.05) is 25.7 Å². The van der Waals surface area contributed by atoms with Crippen molar-refractivity contribution in [2.75, 3.05) is 13.1 Å². The van der Waals surface area contributed by atoms with Crippen LogP contribution in [0.2, 0.25) is 5.02 Å². The van der Waals surface area contributed by atoms with Crippen LogP contribution in [-0.4, -0.2) is 41.3 Å². The third kappa shape index (κ3) is 4.33. The molecule has 0 bridgehead atoms. The number of carbonyl (C=O) groups is 1. The van der Waals surface area contributed by atoms with Crippen molar-refractivity contribution in [1.29, 1.82) is 0 Å². The van der Waals surface area contributed by atoms with E-state index in [-0.39, 0.29) is 27.9 Å². The van der Waals surface area contributed by atoms with Gasteiger partial charge in [-0.1, -0.05) is 30.7 Å². The minimum Gasteiger partial charge on any atom is -0.345 e. The Morgan fingerprint density at radius 1 is 1.26 bits per heavy atom. The maximum atomic E-state index is 13.1. The first-order valence-electron chi connectivity index (χ1n) is 10.3. The maximum Gasteiger partial charge on any atom is 0.251 e. The summed E-state index contributed by atoms with van der Waals surface area (Å²) in [7, 11) is -1.88. The molecule has 1 saturated heterocycles. The molecule has 164 valence electrons. The second-order valence-corrected chi connectivity index (χ2v) is 10.3. The number of aromatic nitrogens is 2. The molecule has 4 rings (SSSR count). The van der Waals surface area contributed by atoms with E-state index in [0.717, 1.165) is 23.9 Å². The van der Waals surface area contributed by atoms with Gasteiger partial charge >= 0.3 is 0 Å². The molecule has 9 heteroatoms. The topological polar surface area (TPSA) is 84.3 Å². The Morgan fingerprint density at radius 3 is 2.77 bits per heavy atom. The highest BCUT2D eigenvalue weighted by Gasteiger charge is 2.31. The van der Waals surface area contributed by atoms with Gasteiger partial charge in [0.15, 0.2) is 0 Å². The molecule has 1 fully saturated rings. The summed E-state index contributed by atoms with van der Waals surface area (Å²) >= 11 is 6.23. The van der Waals surface area contributed by atoms with Crippen LogP contribution in [0.15, 0.2) is 47.4 Å². The van der Waals surface area contributed by atoms with Crippen LogP contribution in [0.5, 0.6) is 0 Å². The number of hydrogen-bond donors (Lipinski definition) is 1. The Morgan fingerprint density at radius 2 is 2.03 bits per heavy atom. The number of rotatable bonds is 5. The highest BCUT2D eigenvalue weighted by atomic mass is 35.5. The standard InChI is InChI=1S/C22H25ClN4O3S/c1-15-6-5-11-27(14-15)31(29,30)20-12-16(9-10-17(20)23)22(28)24-13-21-25-18-7-3-4-8-19(18)26(21)2/h3-4,7-10,12,15H,5-6,11,13-14H2,1-2H3,(H,24,28). The molecule has 1 atom stereocenters. The number of halogens is 1. The van der Waals surface area contributed by atoms with Crippen LogP contribution in [0.3, 0.4) is 0 Å². The fraction of sp³-hybridized carbons (Fsp3) is 0.364. The van der Waals surface area contributed by atoms with E-state index < -0.39 is 10.0 Å². The molecular formula is C22H25ClN4O3S. The van der Waals surface area contributed by atoms with Gasteiger partial charge in [0.25, 0.3) is 5.91 Å². The molecule has 0 spiro atoms. The zero-order valence-corrected chi connectivity index (χ0v) is 19.1. The number of aryl methyl sites for hydroxylation is 1. The van der Waals surface area contributed by atoms with E-state index in [1.807, 2.05) is 42.8 Å². The molecule has 2 heterocycles. The van der Waals surface area contributed by atoms with Gasteiger partial charge in [0.1, 0.15) is 10.7 Å². The Hall–Kier alpha value is -2.42. The summed E-state index contributed by atoms with van der Waals surface area (Å²) in [5.74, 6) is 0.618. The number of imidazole rings is 1. The number of sulfonamides is 1. The average molecular weight is 461 g/mol. The quantitative estimate of drug-likeness (QED) is 0.630. The molecule has 31 heavy (non-hydrogen) atoms. The Kier molecular flexibility index (Phi) is 6.05. The second kappa shape index (κ2) is 8.61. The molecular weight excluding hydrogens is 436 g/mol. The summed E-state index contributed by atoms with van der Waals surface area (Å²) in [6.45, 7) is 3.18. The molecule has 0 aliphatic carbocycles. The van der Waals surface area contributed by atoms with Crippen LogP contribution in [0.4, 0.5) is 0 Å². The van der Waals surface area contributed by atoms with Gasteiger partial charge in [-0.3, -0.25) is 4.79 Å². The molecule has 1 unspecified atom stereocenters. The second-order valence-electron chi connectivity index (χ2n) is 8.01. The molecule has 0 saturated carbocycles. The Balaban J connectivity index is 1.54. The fourth-order valence-electron chi connectivity index (χ4n) is 3.96. The molecule has 7 nitrogen and oxygen atoms in total. The smallest absolute Gasteiger partial charge is 0.251 e. The van der Waals surface area contributed by atoms with Gasteiger partial charge in [-0.2, -0.15) is 4.31 Å². The molecule has 1 aliphatic heterocycles. The van der Waals surface area contributed by atoms with E-state index in [0.29, 0.717) is 24.8 Å². The van der Waals surface area contributed by atoms with Crippen molar-refractivity contribution in [2.45, 2.75) is 31.2 Å². The summed E-state index contributed by atoms with van der Waals surface area (Å²) < 4.78 is 29.7. The van der Waals surface area contributed by atoms with Gasteiger partial charge < -0.3 is 9.88 Å². The van der Waals surface area contributed by atoms with Crippen LogP contribution in [0.25, 0.3) is 11.0 Å². The van der Waals surface area contributed by atoms with Crippen LogP contribution >= 0.6 is 11.6 Å². The van der Waals surface area contributed by atoms with Gasteiger partial charge in [0.05, 0.1) is 22.6 Å². The van der Waals surface area contributed by atoms with Crippen LogP contribution in [0.1, 0.15) is 35.9 Å². The minimum atomic E-state index is -3.77. The van der Waals surface area contributed by atoms with E-state index in [4.69, 9.17) is 11.6 Å². The lowest BCUT2D eigenvalue weighted by Gasteiger charge is -2.30. The van der Waals surface area contributed by atoms with Crippen LogP contribution < -0.4 is 5.32 Å². The van der Waals surface area contributed by atoms with Gasteiger partial charge in [-0.05, 0) is 49.1 Å². The molecule has 0 radical (unpaired) electrons. The summed E-state index contributed by atoms with van der Waals surface area (Å²) in [6, 6.07) is 12.1. The Bertz CT molecular complexity index is 1240. The van der Waals surface area contributed by atoms with Crippen LogP contribution in [-0.2, 0) is 23.6 Å². The lowest BCUT2D eigenvalue weighted by atomic mass is 10.0. The number of piperidine rings is 1. The van der Waals surface area contributed by atoms with Crippen molar-refractivity contribution in [3.63, 3.8) is 0 Å². The lowest BCUT2D eigenvalue weighted by molar-refractivity contribution is 0.0949. The molecule has 1 N–H and O–H groups in total. The van der Waals surface area contributed by atoms with E-state index in [2.05, 4.69) is 10.3 Å². The van der Waals surface area contributed by atoms with Gasteiger partial charge in [-0.25, -0.2) is 13.4 Å². The average Bonchev–Trinajstić information content (AvgIpc) is 3.08. The third-order valence-electron chi connectivity index (χ3n) is 5.72. The predicted octanol–water partition coefficient (Wildman–Crippen LogP) is 3.58. The maximum absolute atomic E-state index is 13.1. The normalized spacial score (nSPS) is 17.7. The van der Waals surface area contributed by atoms with Crippen molar-refractivity contribution < 1.29 is 13.2 Å². The van der Waals surface area contributed by atoms with E-state index in [9.17, 15) is 13.2 Å². The van der Waals surface area contributed by atoms with Crippen molar-refractivity contribution in [1.82, 2.24) is 19.2 Å². The first-order valence-corrected chi connectivity index (χ1v) is 12.1. The summed E-state index contributed by atoms with van der Waals surface area (Å²) in [5.41, 5.74) is 2.07. The molecule has 2 aromatic carbocycles. The van der Waals surface area contributed by atoms with Crippen molar-refractivity contribution >= 4 is 38.6 Å². The van der Waals surface area contributed by atoms with Crippen molar-refractivity contribution in [2.24, 2.45) is 13.0 Å². The highest BCUT2D eigenvalue weighted by molar-refractivity contribution is 7.89. The number of para-hydroxylation sites is 2. The summed E-state index contributed by atoms with van der Waals surface area (Å²) in [4.78, 5) is 17.3. The lowest BCUT2D eigenvalue weighted by Crippen LogP contribution is -2.39. The minimum absolute atomic E-state index is 0.0290. The first kappa shape index (κ1) is 21.8. The number of amides is 1. The summed E-state index contributed by atoms with van der Waals surface area (Å²) in [6.07, 6.45) is 1.82. The van der Waals surface area contributed by atoms with E-state index >= 15 is 0 Å². The number of benzene rings is 2. The number of hydrogen-bond acceptors (Lipinski definition) is 4. The SMILES string of the molecule is CC1CCCN(S(=O)(=O)c2cc(C(=O)NCc3nc4ccccc4n3C)ccc2Cl)C1. The van der Waals surface area contributed by atoms with Crippen molar-refractivity contribution in [3.05, 3.63) is 58.9 Å². The zero-order valence-electron chi connectivity index (χ0n) is 17.5. The molecule has 1 aromatic heterocycles. The van der Waals surface area contributed by atoms with Gasteiger partial charge in [0.2, 0.25) is 10.0 Å². The first-order chi connectivity index (χ1) is 14.8. The molecule has 1 amide bonds. The number of nitrogens with zero attached hydrogens (tertiary/aromatic N) is 3. The predicted molar refractivity (Wildman–Crippen MR) is 120 cm³/mol. The van der Waals surface area contributed by atoms with Crippen molar-refractivity contribution in [3.8, 4) is 0 Å². The van der Waals surface area contributed by atoms with E-state index in [1.54, 1.807) is 0 Å². The number of fused-ring (bicyclic) bond motifs is 1. The van der Waals surface area contributed by atoms with Gasteiger partial charge in [-0.15, -0.1) is 0 Å². The highest BCUT2D eigenvalue weighted by Crippen LogP contribution is 2.29. The number of nitrogens with one attached hydrogen (secondary N) is 1. The number of carbonyl (C=O) groups excluding carboxylic acids is 1. The third-order valence-corrected chi connectivity index (χ3v) is 8.06. The summed E-state index contributed by atoms with van der Waals surface area (Å²) in [5, 5.41) is 2.94. The molecule has 1 aliphatic rings. The van der Waals surface area contributed by atoms with E-state index in [1.165, 1.54) is 22.5 Å².